The van der Waals surface area contributed by atoms with Gasteiger partial charge in [-0.2, -0.15) is 0 Å². The summed E-state index contributed by atoms with van der Waals surface area (Å²) in [6.45, 7) is 3.95. The van der Waals surface area contributed by atoms with Gasteiger partial charge < -0.3 is 5.32 Å². The maximum atomic E-state index is 11.9. The van der Waals surface area contributed by atoms with E-state index in [1.54, 1.807) is 19.3 Å². The van der Waals surface area contributed by atoms with Crippen LogP contribution in [0.3, 0.4) is 0 Å². The highest BCUT2D eigenvalue weighted by Gasteiger charge is 2.16. The van der Waals surface area contributed by atoms with E-state index in [1.807, 2.05) is 19.9 Å². The summed E-state index contributed by atoms with van der Waals surface area (Å²) in [5.41, 5.74) is 0.685. The molecular formula is C11H16N2O. The molecule has 1 atom stereocenters. The number of nitrogens with zero attached hydrogens (tertiary/aromatic N) is 1. The van der Waals surface area contributed by atoms with E-state index < -0.39 is 0 Å². The van der Waals surface area contributed by atoms with Crippen molar-refractivity contribution in [3.8, 4) is 0 Å². The zero-order valence-corrected chi connectivity index (χ0v) is 8.87. The van der Waals surface area contributed by atoms with Crippen molar-refractivity contribution in [1.29, 1.82) is 0 Å². The number of ketones is 1. The minimum atomic E-state index is 0.0614. The summed E-state index contributed by atoms with van der Waals surface area (Å²) < 4.78 is 0. The molecule has 0 aromatic carbocycles. The van der Waals surface area contributed by atoms with Crippen LogP contribution in [0, 0.1) is 5.92 Å². The largest absolute Gasteiger partial charge is 0.373 e. The fraction of sp³-hybridized carbons (Fsp3) is 0.455. The second kappa shape index (κ2) is 4.74. The highest BCUT2D eigenvalue weighted by molar-refractivity contribution is 6.01. The van der Waals surface area contributed by atoms with Crippen molar-refractivity contribution >= 4 is 11.6 Å². The lowest BCUT2D eigenvalue weighted by molar-refractivity contribution is 0.0928. The van der Waals surface area contributed by atoms with Crippen LogP contribution >= 0.6 is 0 Å². The molecule has 3 heteroatoms. The number of pyridine rings is 1. The normalized spacial score (nSPS) is 12.2. The third-order valence-corrected chi connectivity index (χ3v) is 2.37. The number of carbonyl (C=O) groups excluding carboxylic acids is 1. The lowest BCUT2D eigenvalue weighted by atomic mass is 9.98. The number of carbonyl (C=O) groups is 1. The molecule has 0 fully saturated rings. The molecule has 1 rings (SSSR count). The summed E-state index contributed by atoms with van der Waals surface area (Å²) >= 11 is 0. The van der Waals surface area contributed by atoms with Gasteiger partial charge in [0, 0.05) is 19.2 Å². The van der Waals surface area contributed by atoms with Crippen molar-refractivity contribution < 1.29 is 4.79 Å². The van der Waals surface area contributed by atoms with Gasteiger partial charge in [-0.05, 0) is 18.6 Å². The molecule has 3 nitrogen and oxygen atoms in total. The van der Waals surface area contributed by atoms with Crippen LogP contribution in [0.2, 0.25) is 0 Å². The average molecular weight is 192 g/mol. The van der Waals surface area contributed by atoms with Crippen molar-refractivity contribution in [3.05, 3.63) is 23.9 Å². The quantitative estimate of drug-likeness (QED) is 0.744. The van der Waals surface area contributed by atoms with Crippen LogP contribution in [0.25, 0.3) is 0 Å². The number of rotatable bonds is 4. The third kappa shape index (κ3) is 2.10. The van der Waals surface area contributed by atoms with Crippen molar-refractivity contribution in [2.24, 2.45) is 5.92 Å². The Bertz CT molecular complexity index is 323. The predicted molar refractivity (Wildman–Crippen MR) is 57.6 cm³/mol. The molecule has 0 aliphatic heterocycles. The predicted octanol–water partition coefficient (Wildman–Crippen LogP) is 2.35. The first-order chi connectivity index (χ1) is 6.70. The molecule has 14 heavy (non-hydrogen) atoms. The van der Waals surface area contributed by atoms with E-state index in [0.29, 0.717) is 11.4 Å². The van der Waals surface area contributed by atoms with Crippen LogP contribution in [0.5, 0.6) is 0 Å². The standard InChI is InChI=1S/C11H16N2O/c1-4-8(2)10(14)9-6-5-7-13-11(9)12-3/h5-8H,4H2,1-3H3,(H,12,13). The van der Waals surface area contributed by atoms with Crippen molar-refractivity contribution in [2.45, 2.75) is 20.3 Å². The Hall–Kier alpha value is -1.38. The van der Waals surface area contributed by atoms with E-state index in [-0.39, 0.29) is 11.7 Å². The molecule has 1 N–H and O–H groups in total. The molecule has 1 aromatic rings. The van der Waals surface area contributed by atoms with E-state index in [2.05, 4.69) is 10.3 Å². The Balaban J connectivity index is 3.00. The second-order valence-electron chi connectivity index (χ2n) is 3.32. The SMILES string of the molecule is CCC(C)C(=O)c1cccnc1NC. The topological polar surface area (TPSA) is 42.0 Å². The fourth-order valence-corrected chi connectivity index (χ4v) is 1.25. The lowest BCUT2D eigenvalue weighted by Crippen LogP contribution is -2.13. The van der Waals surface area contributed by atoms with Gasteiger partial charge in [0.2, 0.25) is 0 Å². The summed E-state index contributed by atoms with van der Waals surface area (Å²) in [5.74, 6) is 0.883. The molecule has 1 unspecified atom stereocenters. The van der Waals surface area contributed by atoms with E-state index in [1.165, 1.54) is 0 Å². The van der Waals surface area contributed by atoms with Gasteiger partial charge in [-0.1, -0.05) is 13.8 Å². The van der Waals surface area contributed by atoms with Gasteiger partial charge in [0.1, 0.15) is 5.82 Å². The van der Waals surface area contributed by atoms with Crippen molar-refractivity contribution in [1.82, 2.24) is 4.98 Å². The molecule has 0 aliphatic carbocycles. The second-order valence-corrected chi connectivity index (χ2v) is 3.32. The molecule has 0 saturated heterocycles. The number of hydrogen-bond acceptors (Lipinski definition) is 3. The Morgan fingerprint density at radius 3 is 2.93 bits per heavy atom. The molecule has 0 radical (unpaired) electrons. The summed E-state index contributed by atoms with van der Waals surface area (Å²) in [6, 6.07) is 3.60. The van der Waals surface area contributed by atoms with E-state index >= 15 is 0 Å². The van der Waals surface area contributed by atoms with E-state index in [4.69, 9.17) is 0 Å². The fourth-order valence-electron chi connectivity index (χ4n) is 1.25. The van der Waals surface area contributed by atoms with Crippen LogP contribution in [-0.2, 0) is 0 Å². The Kier molecular flexibility index (Phi) is 3.63. The first-order valence-corrected chi connectivity index (χ1v) is 4.87. The molecule has 0 aliphatic rings. The molecule has 76 valence electrons. The summed E-state index contributed by atoms with van der Waals surface area (Å²) in [6.07, 6.45) is 2.54. The number of anilines is 1. The van der Waals surface area contributed by atoms with E-state index in [0.717, 1.165) is 6.42 Å². The summed E-state index contributed by atoms with van der Waals surface area (Å²) in [4.78, 5) is 16.0. The van der Waals surface area contributed by atoms with Crippen molar-refractivity contribution in [2.75, 3.05) is 12.4 Å². The van der Waals surface area contributed by atoms with Gasteiger partial charge in [0.15, 0.2) is 5.78 Å². The summed E-state index contributed by atoms with van der Waals surface area (Å²) in [5, 5.41) is 2.92. The van der Waals surface area contributed by atoms with Crippen LogP contribution in [0.1, 0.15) is 30.6 Å². The lowest BCUT2D eigenvalue weighted by Gasteiger charge is -2.10. The third-order valence-electron chi connectivity index (χ3n) is 2.37. The van der Waals surface area contributed by atoms with Gasteiger partial charge >= 0.3 is 0 Å². The maximum Gasteiger partial charge on any atom is 0.169 e. The minimum absolute atomic E-state index is 0.0614. The highest BCUT2D eigenvalue weighted by Crippen LogP contribution is 2.17. The van der Waals surface area contributed by atoms with Crippen molar-refractivity contribution in [3.63, 3.8) is 0 Å². The van der Waals surface area contributed by atoms with E-state index in [9.17, 15) is 4.79 Å². The van der Waals surface area contributed by atoms with Crippen LogP contribution in [-0.4, -0.2) is 17.8 Å². The first-order valence-electron chi connectivity index (χ1n) is 4.87. The molecule has 0 amide bonds. The number of nitrogens with one attached hydrogen (secondary N) is 1. The average Bonchev–Trinajstić information content (AvgIpc) is 2.26. The zero-order valence-electron chi connectivity index (χ0n) is 8.87. The monoisotopic (exact) mass is 192 g/mol. The molecule has 0 bridgehead atoms. The Morgan fingerprint density at radius 2 is 2.36 bits per heavy atom. The summed E-state index contributed by atoms with van der Waals surface area (Å²) in [7, 11) is 1.77. The molecule has 0 saturated carbocycles. The zero-order chi connectivity index (χ0) is 10.6. The number of aromatic nitrogens is 1. The number of hydrogen-bond donors (Lipinski definition) is 1. The molecule has 1 aromatic heterocycles. The smallest absolute Gasteiger partial charge is 0.169 e. The minimum Gasteiger partial charge on any atom is -0.373 e. The Morgan fingerprint density at radius 1 is 1.64 bits per heavy atom. The first kappa shape index (κ1) is 10.7. The van der Waals surface area contributed by atoms with Gasteiger partial charge in [-0.15, -0.1) is 0 Å². The maximum absolute atomic E-state index is 11.9. The molecular weight excluding hydrogens is 176 g/mol. The van der Waals surface area contributed by atoms with Crippen LogP contribution < -0.4 is 5.32 Å². The van der Waals surface area contributed by atoms with Crippen LogP contribution in [0.15, 0.2) is 18.3 Å². The molecule has 0 spiro atoms. The van der Waals surface area contributed by atoms with Gasteiger partial charge in [0.25, 0.3) is 0 Å². The van der Waals surface area contributed by atoms with Gasteiger partial charge in [-0.25, -0.2) is 4.98 Å². The Labute approximate surface area is 84.6 Å². The molecule has 1 heterocycles. The van der Waals surface area contributed by atoms with Gasteiger partial charge in [0.05, 0.1) is 5.56 Å². The highest BCUT2D eigenvalue weighted by atomic mass is 16.1. The van der Waals surface area contributed by atoms with Gasteiger partial charge in [-0.3, -0.25) is 4.79 Å². The number of Topliss-reactive ketones (excluding diaryl/α,β-unsaturated/α-hetero) is 1. The van der Waals surface area contributed by atoms with Crippen LogP contribution in [0.4, 0.5) is 5.82 Å².